The molecule has 1 amide bonds. The summed E-state index contributed by atoms with van der Waals surface area (Å²) in [7, 11) is 0. The maximum absolute atomic E-state index is 13.3. The zero-order valence-electron chi connectivity index (χ0n) is 17.1. The minimum absolute atomic E-state index is 0.0635. The molecule has 164 valence electrons. The SMILES string of the molecule is O=C(SC(CC(=O)N1CCC[C@H]1C(=O)O)C(=O)c1cc2ccccc2o1)c1ccccc1. The highest BCUT2D eigenvalue weighted by molar-refractivity contribution is 8.15. The van der Waals surface area contributed by atoms with Gasteiger partial charge in [-0.05, 0) is 25.0 Å². The van der Waals surface area contributed by atoms with Crippen LogP contribution in [0.1, 0.15) is 40.2 Å². The molecule has 1 aromatic heterocycles. The van der Waals surface area contributed by atoms with Gasteiger partial charge in [-0.3, -0.25) is 14.4 Å². The van der Waals surface area contributed by atoms with Gasteiger partial charge in [-0.1, -0.05) is 60.3 Å². The zero-order chi connectivity index (χ0) is 22.7. The van der Waals surface area contributed by atoms with Gasteiger partial charge in [-0.15, -0.1) is 0 Å². The van der Waals surface area contributed by atoms with Gasteiger partial charge in [-0.25, -0.2) is 4.79 Å². The first-order valence-electron chi connectivity index (χ1n) is 10.2. The van der Waals surface area contributed by atoms with Crippen molar-refractivity contribution in [3.05, 3.63) is 72.0 Å². The summed E-state index contributed by atoms with van der Waals surface area (Å²) in [5.74, 6) is -1.94. The lowest BCUT2D eigenvalue weighted by molar-refractivity contribution is -0.148. The Bertz CT molecular complexity index is 1140. The molecule has 0 bridgehead atoms. The van der Waals surface area contributed by atoms with E-state index in [1.165, 1.54) is 4.90 Å². The summed E-state index contributed by atoms with van der Waals surface area (Å²) in [6.07, 6.45) is 0.670. The van der Waals surface area contributed by atoms with Crippen LogP contribution in [0.4, 0.5) is 0 Å². The van der Waals surface area contributed by atoms with Crippen LogP contribution in [-0.2, 0) is 9.59 Å². The number of carboxylic acids is 1. The number of ketones is 1. The van der Waals surface area contributed by atoms with Crippen molar-refractivity contribution in [3.8, 4) is 0 Å². The van der Waals surface area contributed by atoms with Gasteiger partial charge in [0.2, 0.25) is 16.8 Å². The van der Waals surface area contributed by atoms with Crippen LogP contribution in [0, 0.1) is 0 Å². The van der Waals surface area contributed by atoms with Crippen LogP contribution in [0.3, 0.4) is 0 Å². The van der Waals surface area contributed by atoms with Crippen LogP contribution in [0.25, 0.3) is 11.0 Å². The maximum atomic E-state index is 13.3. The lowest BCUT2D eigenvalue weighted by atomic mass is 10.1. The van der Waals surface area contributed by atoms with Crippen molar-refractivity contribution in [3.63, 3.8) is 0 Å². The van der Waals surface area contributed by atoms with Gasteiger partial charge < -0.3 is 14.4 Å². The van der Waals surface area contributed by atoms with Crippen LogP contribution in [0.5, 0.6) is 0 Å². The summed E-state index contributed by atoms with van der Waals surface area (Å²) in [6, 6.07) is 16.3. The van der Waals surface area contributed by atoms with Crippen molar-refractivity contribution in [1.82, 2.24) is 4.90 Å². The number of thioether (sulfide) groups is 1. The van der Waals surface area contributed by atoms with Gasteiger partial charge in [0, 0.05) is 23.9 Å². The first-order valence-corrected chi connectivity index (χ1v) is 11.1. The van der Waals surface area contributed by atoms with Gasteiger partial charge >= 0.3 is 5.97 Å². The molecule has 1 N–H and O–H groups in total. The molecule has 1 unspecified atom stereocenters. The number of hydrogen-bond donors (Lipinski definition) is 1. The monoisotopic (exact) mass is 451 g/mol. The largest absolute Gasteiger partial charge is 0.480 e. The summed E-state index contributed by atoms with van der Waals surface area (Å²) in [6.45, 7) is 0.318. The summed E-state index contributed by atoms with van der Waals surface area (Å²) >= 11 is 0.764. The maximum Gasteiger partial charge on any atom is 0.326 e. The number of rotatable bonds is 7. The third-order valence-electron chi connectivity index (χ3n) is 5.44. The molecule has 0 saturated carbocycles. The summed E-state index contributed by atoms with van der Waals surface area (Å²) in [5, 5.41) is 8.76. The van der Waals surface area contributed by atoms with E-state index in [-0.39, 0.29) is 17.3 Å². The molecule has 0 spiro atoms. The minimum Gasteiger partial charge on any atom is -0.480 e. The fourth-order valence-corrected chi connectivity index (χ4v) is 4.80. The summed E-state index contributed by atoms with van der Waals surface area (Å²) in [5.41, 5.74) is 0.947. The average Bonchev–Trinajstić information content (AvgIpc) is 3.46. The van der Waals surface area contributed by atoms with E-state index >= 15 is 0 Å². The predicted molar refractivity (Wildman–Crippen MR) is 120 cm³/mol. The second kappa shape index (κ2) is 9.40. The fraction of sp³-hybridized carbons (Fsp3) is 0.250. The van der Waals surface area contributed by atoms with Crippen LogP contribution in [-0.4, -0.2) is 50.6 Å². The van der Waals surface area contributed by atoms with Gasteiger partial charge in [-0.2, -0.15) is 0 Å². The van der Waals surface area contributed by atoms with E-state index in [1.54, 1.807) is 54.6 Å². The minimum atomic E-state index is -1.07. The van der Waals surface area contributed by atoms with Crippen LogP contribution in [0.15, 0.2) is 65.1 Å². The van der Waals surface area contributed by atoms with Gasteiger partial charge in [0.1, 0.15) is 11.6 Å². The van der Waals surface area contributed by atoms with Crippen molar-refractivity contribution in [2.45, 2.75) is 30.6 Å². The van der Waals surface area contributed by atoms with E-state index in [0.717, 1.165) is 17.1 Å². The molecule has 1 aliphatic heterocycles. The van der Waals surface area contributed by atoms with Gasteiger partial charge in [0.05, 0.1) is 5.25 Å². The zero-order valence-corrected chi connectivity index (χ0v) is 17.9. The number of carboxylic acid groups (broad SMARTS) is 1. The molecule has 7 nitrogen and oxygen atoms in total. The molecule has 1 saturated heterocycles. The number of carbonyl (C=O) groups excluding carboxylic acids is 3. The normalized spacial score (nSPS) is 16.8. The predicted octanol–water partition coefficient (Wildman–Crippen LogP) is 4.02. The molecule has 8 heteroatoms. The highest BCUT2D eigenvalue weighted by atomic mass is 32.2. The highest BCUT2D eigenvalue weighted by Gasteiger charge is 2.37. The van der Waals surface area contributed by atoms with E-state index in [1.807, 2.05) is 6.07 Å². The van der Waals surface area contributed by atoms with E-state index in [9.17, 15) is 24.3 Å². The second-order valence-corrected chi connectivity index (χ2v) is 8.74. The standard InChI is InChI=1S/C24H21NO6S/c26-21(25-12-6-10-17(25)23(28)29)14-20(32-24(30)15-7-2-1-3-8-15)22(27)19-13-16-9-4-5-11-18(16)31-19/h1-5,7-9,11,13,17,20H,6,10,12,14H2,(H,28,29)/t17-,20?/m0/s1. The van der Waals surface area contributed by atoms with Crippen molar-refractivity contribution in [1.29, 1.82) is 0 Å². The Kier molecular flexibility index (Phi) is 6.41. The van der Waals surface area contributed by atoms with Crippen LogP contribution < -0.4 is 0 Å². The number of carbonyl (C=O) groups is 4. The molecule has 2 aromatic carbocycles. The molecule has 1 fully saturated rings. The lowest BCUT2D eigenvalue weighted by Crippen LogP contribution is -2.42. The first kappa shape index (κ1) is 21.8. The Labute approximate surface area is 188 Å². The lowest BCUT2D eigenvalue weighted by Gasteiger charge is -2.23. The molecular formula is C24H21NO6S. The van der Waals surface area contributed by atoms with Crippen LogP contribution in [0.2, 0.25) is 0 Å². The topological polar surface area (TPSA) is 105 Å². The van der Waals surface area contributed by atoms with Crippen molar-refractivity contribution < 1.29 is 28.7 Å². The van der Waals surface area contributed by atoms with Crippen molar-refractivity contribution in [2.75, 3.05) is 6.54 Å². The van der Waals surface area contributed by atoms with Gasteiger partial charge in [0.25, 0.3) is 0 Å². The van der Waals surface area contributed by atoms with E-state index in [4.69, 9.17) is 4.42 Å². The van der Waals surface area contributed by atoms with E-state index in [2.05, 4.69) is 0 Å². The quantitative estimate of drug-likeness (QED) is 0.541. The second-order valence-electron chi connectivity index (χ2n) is 7.56. The Balaban J connectivity index is 1.59. The molecular weight excluding hydrogens is 430 g/mol. The number of nitrogens with zero attached hydrogens (tertiary/aromatic N) is 1. The van der Waals surface area contributed by atoms with E-state index in [0.29, 0.717) is 30.5 Å². The third kappa shape index (κ3) is 4.60. The average molecular weight is 452 g/mol. The van der Waals surface area contributed by atoms with Crippen molar-refractivity contribution >= 4 is 45.5 Å². The third-order valence-corrected chi connectivity index (χ3v) is 6.55. The molecule has 3 aromatic rings. The number of hydrogen-bond acceptors (Lipinski definition) is 6. The number of amides is 1. The molecule has 0 radical (unpaired) electrons. The number of para-hydroxylation sites is 1. The molecule has 32 heavy (non-hydrogen) atoms. The van der Waals surface area contributed by atoms with E-state index < -0.39 is 29.0 Å². The Morgan fingerprint density at radius 3 is 2.50 bits per heavy atom. The smallest absolute Gasteiger partial charge is 0.326 e. The molecule has 2 atom stereocenters. The number of benzene rings is 2. The number of fused-ring (bicyclic) bond motifs is 1. The number of Topliss-reactive ketones (excluding diaryl/α,β-unsaturated/α-hetero) is 1. The van der Waals surface area contributed by atoms with Crippen molar-refractivity contribution in [2.24, 2.45) is 0 Å². The Morgan fingerprint density at radius 1 is 1.06 bits per heavy atom. The van der Waals surface area contributed by atoms with Gasteiger partial charge in [0.15, 0.2) is 5.76 Å². The summed E-state index contributed by atoms with van der Waals surface area (Å²) < 4.78 is 5.67. The molecule has 0 aliphatic carbocycles. The number of furan rings is 1. The number of aliphatic carboxylic acids is 1. The first-order chi connectivity index (χ1) is 15.4. The highest BCUT2D eigenvalue weighted by Crippen LogP contribution is 2.29. The Hall–Kier alpha value is -3.39. The molecule has 2 heterocycles. The number of likely N-dealkylation sites (tertiary alicyclic amines) is 1. The Morgan fingerprint density at radius 2 is 1.78 bits per heavy atom. The summed E-state index contributed by atoms with van der Waals surface area (Å²) in [4.78, 5) is 51.8. The molecule has 4 rings (SSSR count). The fourth-order valence-electron chi connectivity index (χ4n) is 3.82. The molecule has 1 aliphatic rings. The van der Waals surface area contributed by atoms with Crippen LogP contribution >= 0.6 is 11.8 Å².